The van der Waals surface area contributed by atoms with Crippen molar-refractivity contribution in [3.8, 4) is 0 Å². The lowest BCUT2D eigenvalue weighted by Crippen LogP contribution is -2.00. The molecule has 3 aromatic rings. The molecular weight excluding hydrogens is 278 g/mol. The second kappa shape index (κ2) is 6.37. The van der Waals surface area contributed by atoms with Crippen LogP contribution >= 0.6 is 0 Å². The molecule has 0 saturated carbocycles. The van der Waals surface area contributed by atoms with Gasteiger partial charge in [-0.05, 0) is 22.3 Å². The third-order valence-corrected chi connectivity index (χ3v) is 4.00. The van der Waals surface area contributed by atoms with Gasteiger partial charge in [0.1, 0.15) is 0 Å². The van der Waals surface area contributed by atoms with Gasteiger partial charge in [0.15, 0.2) is 0 Å². The number of hydrogen-bond acceptors (Lipinski definition) is 1. The van der Waals surface area contributed by atoms with E-state index in [9.17, 15) is 0 Å². The largest absolute Gasteiger partial charge is 0.398 e. The van der Waals surface area contributed by atoms with Gasteiger partial charge in [0.2, 0.25) is 0 Å². The minimum Gasteiger partial charge on any atom is -0.398 e. The first kappa shape index (κ1) is 14.9. The van der Waals surface area contributed by atoms with Gasteiger partial charge in [-0.2, -0.15) is 0 Å². The fourth-order valence-corrected chi connectivity index (χ4v) is 2.68. The maximum atomic E-state index is 6.44. The molecule has 0 aliphatic carbocycles. The minimum absolute atomic E-state index is 0.718. The SMILES string of the molecule is C=C(c1ccccc1)c1cccc(C(=C)c2ccccc2)c1N. The highest BCUT2D eigenvalue weighted by Crippen LogP contribution is 2.33. The van der Waals surface area contributed by atoms with E-state index in [4.69, 9.17) is 5.73 Å². The Balaban J connectivity index is 2.03. The zero-order valence-electron chi connectivity index (χ0n) is 13.0. The highest BCUT2D eigenvalue weighted by atomic mass is 14.6. The number of benzene rings is 3. The van der Waals surface area contributed by atoms with Crippen LogP contribution in [0.1, 0.15) is 22.3 Å². The molecule has 0 saturated heterocycles. The average Bonchev–Trinajstić information content (AvgIpc) is 2.62. The molecule has 3 aromatic carbocycles. The molecule has 0 fully saturated rings. The summed E-state index contributed by atoms with van der Waals surface area (Å²) in [5.41, 5.74) is 13.0. The Kier molecular flexibility index (Phi) is 4.11. The van der Waals surface area contributed by atoms with Crippen LogP contribution in [0.3, 0.4) is 0 Å². The highest BCUT2D eigenvalue weighted by molar-refractivity contribution is 5.92. The molecule has 23 heavy (non-hydrogen) atoms. The first-order chi connectivity index (χ1) is 11.2. The number of anilines is 1. The highest BCUT2D eigenvalue weighted by Gasteiger charge is 2.12. The van der Waals surface area contributed by atoms with E-state index in [0.29, 0.717) is 0 Å². The van der Waals surface area contributed by atoms with Gasteiger partial charge in [0, 0.05) is 16.8 Å². The molecule has 0 atom stereocenters. The Morgan fingerprint density at radius 1 is 0.565 bits per heavy atom. The van der Waals surface area contributed by atoms with Crippen molar-refractivity contribution in [2.45, 2.75) is 0 Å². The Morgan fingerprint density at radius 3 is 1.35 bits per heavy atom. The van der Waals surface area contributed by atoms with E-state index >= 15 is 0 Å². The lowest BCUT2D eigenvalue weighted by atomic mass is 9.91. The lowest BCUT2D eigenvalue weighted by Gasteiger charge is -2.15. The number of nitrogen functional groups attached to an aromatic ring is 1. The van der Waals surface area contributed by atoms with Crippen LogP contribution in [0.15, 0.2) is 92.0 Å². The smallest absolute Gasteiger partial charge is 0.0473 e. The van der Waals surface area contributed by atoms with Crippen molar-refractivity contribution in [2.24, 2.45) is 0 Å². The predicted molar refractivity (Wildman–Crippen MR) is 100 cm³/mol. The van der Waals surface area contributed by atoms with Gasteiger partial charge in [-0.1, -0.05) is 92.0 Å². The Labute approximate surface area is 137 Å². The van der Waals surface area contributed by atoms with Gasteiger partial charge >= 0.3 is 0 Å². The maximum Gasteiger partial charge on any atom is 0.0473 e. The molecule has 0 aromatic heterocycles. The van der Waals surface area contributed by atoms with Crippen LogP contribution in [0.4, 0.5) is 5.69 Å². The summed E-state index contributed by atoms with van der Waals surface area (Å²) in [7, 11) is 0. The summed E-state index contributed by atoms with van der Waals surface area (Å²) in [6.45, 7) is 8.44. The van der Waals surface area contributed by atoms with Gasteiger partial charge in [-0.3, -0.25) is 0 Å². The standard InChI is InChI=1S/C22H19N/c1-16(18-10-5-3-6-11-18)20-14-9-15-21(22(20)23)17(2)19-12-7-4-8-13-19/h3-15H,1-2,23H2. The summed E-state index contributed by atoms with van der Waals surface area (Å²) in [6, 6.07) is 26.2. The molecule has 1 nitrogen and oxygen atoms in total. The number of hydrogen-bond donors (Lipinski definition) is 1. The van der Waals surface area contributed by atoms with Crippen LogP contribution in [-0.4, -0.2) is 0 Å². The Hall–Kier alpha value is -3.06. The Bertz CT molecular complexity index is 776. The zero-order chi connectivity index (χ0) is 16.2. The number of para-hydroxylation sites is 1. The molecule has 0 aliphatic heterocycles. The lowest BCUT2D eigenvalue weighted by molar-refractivity contribution is 1.51. The van der Waals surface area contributed by atoms with Crippen molar-refractivity contribution in [2.75, 3.05) is 5.73 Å². The zero-order valence-corrected chi connectivity index (χ0v) is 13.0. The summed E-state index contributed by atoms with van der Waals surface area (Å²) in [5, 5.41) is 0. The van der Waals surface area contributed by atoms with E-state index in [0.717, 1.165) is 39.1 Å². The van der Waals surface area contributed by atoms with Gasteiger partial charge < -0.3 is 5.73 Å². The average molecular weight is 297 g/mol. The van der Waals surface area contributed by atoms with E-state index < -0.39 is 0 Å². The van der Waals surface area contributed by atoms with Crippen LogP contribution < -0.4 is 5.73 Å². The monoisotopic (exact) mass is 297 g/mol. The third kappa shape index (κ3) is 2.95. The number of nitrogens with two attached hydrogens (primary N) is 1. The summed E-state index contributed by atoms with van der Waals surface area (Å²) in [6.07, 6.45) is 0. The van der Waals surface area contributed by atoms with Crippen molar-refractivity contribution in [1.29, 1.82) is 0 Å². The fraction of sp³-hybridized carbons (Fsp3) is 0. The van der Waals surface area contributed by atoms with E-state index in [1.54, 1.807) is 0 Å². The van der Waals surface area contributed by atoms with E-state index in [2.05, 4.69) is 13.2 Å². The van der Waals surface area contributed by atoms with Crippen LogP contribution in [0.2, 0.25) is 0 Å². The van der Waals surface area contributed by atoms with Crippen molar-refractivity contribution in [3.05, 3.63) is 114 Å². The van der Waals surface area contributed by atoms with E-state index in [1.165, 1.54) is 0 Å². The van der Waals surface area contributed by atoms with Gasteiger partial charge in [0.25, 0.3) is 0 Å². The van der Waals surface area contributed by atoms with Crippen LogP contribution in [0, 0.1) is 0 Å². The van der Waals surface area contributed by atoms with E-state index in [-0.39, 0.29) is 0 Å². The molecule has 0 unspecified atom stereocenters. The maximum absolute atomic E-state index is 6.44. The first-order valence-electron chi connectivity index (χ1n) is 7.56. The fourth-order valence-electron chi connectivity index (χ4n) is 2.68. The Morgan fingerprint density at radius 2 is 0.957 bits per heavy atom. The van der Waals surface area contributed by atoms with Gasteiger partial charge in [-0.15, -0.1) is 0 Å². The molecule has 2 N–H and O–H groups in total. The topological polar surface area (TPSA) is 26.0 Å². The molecule has 0 amide bonds. The van der Waals surface area contributed by atoms with Crippen molar-refractivity contribution < 1.29 is 0 Å². The second-order valence-electron chi connectivity index (χ2n) is 5.46. The molecule has 0 bridgehead atoms. The summed E-state index contributed by atoms with van der Waals surface area (Å²) >= 11 is 0. The molecular formula is C22H19N. The van der Waals surface area contributed by atoms with E-state index in [1.807, 2.05) is 78.9 Å². The number of rotatable bonds is 4. The second-order valence-corrected chi connectivity index (χ2v) is 5.46. The third-order valence-electron chi connectivity index (χ3n) is 4.00. The van der Waals surface area contributed by atoms with Crippen LogP contribution in [0.25, 0.3) is 11.1 Å². The first-order valence-corrected chi connectivity index (χ1v) is 7.56. The van der Waals surface area contributed by atoms with Crippen LogP contribution in [-0.2, 0) is 0 Å². The molecule has 0 aliphatic rings. The quantitative estimate of drug-likeness (QED) is 0.642. The van der Waals surface area contributed by atoms with Crippen molar-refractivity contribution in [1.82, 2.24) is 0 Å². The molecule has 0 heterocycles. The van der Waals surface area contributed by atoms with Crippen molar-refractivity contribution >= 4 is 16.8 Å². The normalized spacial score (nSPS) is 10.3. The van der Waals surface area contributed by atoms with Gasteiger partial charge in [-0.25, -0.2) is 0 Å². The molecule has 0 spiro atoms. The molecule has 1 heteroatoms. The predicted octanol–water partition coefficient (Wildman–Crippen LogP) is 5.39. The van der Waals surface area contributed by atoms with Crippen LogP contribution in [0.5, 0.6) is 0 Å². The molecule has 112 valence electrons. The molecule has 3 rings (SSSR count). The summed E-state index contributed by atoms with van der Waals surface area (Å²) in [4.78, 5) is 0. The summed E-state index contributed by atoms with van der Waals surface area (Å²) < 4.78 is 0. The van der Waals surface area contributed by atoms with Gasteiger partial charge in [0.05, 0.1) is 0 Å². The summed E-state index contributed by atoms with van der Waals surface area (Å²) in [5.74, 6) is 0. The minimum atomic E-state index is 0.718. The van der Waals surface area contributed by atoms with Crippen molar-refractivity contribution in [3.63, 3.8) is 0 Å². The molecule has 0 radical (unpaired) electrons.